The first kappa shape index (κ1) is 18.5. The van der Waals surface area contributed by atoms with Crippen LogP contribution in [-0.4, -0.2) is 32.6 Å². The molecule has 0 amide bonds. The van der Waals surface area contributed by atoms with E-state index in [1.54, 1.807) is 12.1 Å². The summed E-state index contributed by atoms with van der Waals surface area (Å²) in [6.07, 6.45) is 1.27. The number of sulfonamides is 1. The molecule has 0 aliphatic carbocycles. The Morgan fingerprint density at radius 1 is 0.889 bits per heavy atom. The predicted octanol–water partition coefficient (Wildman–Crippen LogP) is 3.09. The molecule has 0 fully saturated rings. The molecule has 0 spiro atoms. The molecule has 0 aliphatic rings. The molecule has 27 heavy (non-hydrogen) atoms. The number of para-hydroxylation sites is 1. The molecule has 9 heteroatoms. The average molecular weight is 387 g/mol. The van der Waals surface area contributed by atoms with Crippen molar-refractivity contribution in [2.24, 2.45) is 0 Å². The summed E-state index contributed by atoms with van der Waals surface area (Å²) in [5.74, 6) is 1.23. The van der Waals surface area contributed by atoms with Crippen molar-refractivity contribution in [2.75, 3.05) is 18.9 Å². The first-order valence-electron chi connectivity index (χ1n) is 7.82. The van der Waals surface area contributed by atoms with E-state index >= 15 is 0 Å². The Bertz CT molecular complexity index is 1010. The summed E-state index contributed by atoms with van der Waals surface area (Å²) in [4.78, 5) is 7.89. The lowest BCUT2D eigenvalue weighted by molar-refractivity contribution is 0.353. The first-order chi connectivity index (χ1) is 13.0. The van der Waals surface area contributed by atoms with Gasteiger partial charge in [0, 0.05) is 0 Å². The molecule has 0 radical (unpaired) electrons. The predicted molar refractivity (Wildman–Crippen MR) is 98.9 cm³/mol. The third-order valence-electron chi connectivity index (χ3n) is 3.46. The fourth-order valence-corrected chi connectivity index (χ4v) is 3.23. The van der Waals surface area contributed by atoms with Crippen LogP contribution in [0.2, 0.25) is 0 Å². The molecular formula is C18H17N3O5S. The quantitative estimate of drug-likeness (QED) is 0.665. The highest BCUT2D eigenvalue weighted by molar-refractivity contribution is 7.92. The second-order valence-corrected chi connectivity index (χ2v) is 6.95. The van der Waals surface area contributed by atoms with E-state index in [2.05, 4.69) is 14.7 Å². The third kappa shape index (κ3) is 4.45. The minimum absolute atomic E-state index is 0.0504. The molecule has 8 nitrogen and oxygen atoms in total. The van der Waals surface area contributed by atoms with Crippen molar-refractivity contribution in [3.05, 3.63) is 60.8 Å². The number of methoxy groups -OCH3 is 2. The lowest BCUT2D eigenvalue weighted by atomic mass is 10.3. The van der Waals surface area contributed by atoms with Crippen LogP contribution in [0.3, 0.4) is 0 Å². The molecule has 1 aromatic heterocycles. The fraction of sp³-hybridized carbons (Fsp3) is 0.111. The van der Waals surface area contributed by atoms with E-state index in [4.69, 9.17) is 14.2 Å². The van der Waals surface area contributed by atoms with Gasteiger partial charge in [0.05, 0.1) is 25.3 Å². The summed E-state index contributed by atoms with van der Waals surface area (Å²) in [6, 6.07) is 15.3. The maximum Gasteiger partial charge on any atom is 0.319 e. The molecule has 0 unspecified atom stereocenters. The lowest BCUT2D eigenvalue weighted by Gasteiger charge is -2.12. The average Bonchev–Trinajstić information content (AvgIpc) is 2.69. The SMILES string of the molecule is COc1ncc(NS(=O)(=O)c2ccc(Oc3ccccc3)cc2)c(OC)n1. The number of rotatable bonds is 7. The number of anilines is 1. The summed E-state index contributed by atoms with van der Waals surface area (Å²) in [6.45, 7) is 0. The van der Waals surface area contributed by atoms with Crippen LogP contribution in [0.1, 0.15) is 0 Å². The molecule has 0 bridgehead atoms. The van der Waals surface area contributed by atoms with Gasteiger partial charge in [-0.3, -0.25) is 4.72 Å². The molecule has 1 N–H and O–H groups in total. The molecule has 0 atom stereocenters. The van der Waals surface area contributed by atoms with Gasteiger partial charge in [-0.05, 0) is 36.4 Å². The van der Waals surface area contributed by atoms with Crippen LogP contribution in [-0.2, 0) is 10.0 Å². The van der Waals surface area contributed by atoms with E-state index in [-0.39, 0.29) is 22.5 Å². The highest BCUT2D eigenvalue weighted by Gasteiger charge is 2.18. The molecule has 3 rings (SSSR count). The lowest BCUT2D eigenvalue weighted by Crippen LogP contribution is -2.14. The van der Waals surface area contributed by atoms with Crippen molar-refractivity contribution in [3.63, 3.8) is 0 Å². The van der Waals surface area contributed by atoms with Gasteiger partial charge in [-0.15, -0.1) is 0 Å². The van der Waals surface area contributed by atoms with Crippen molar-refractivity contribution in [3.8, 4) is 23.4 Å². The van der Waals surface area contributed by atoms with Crippen LogP contribution in [0.4, 0.5) is 5.69 Å². The molecule has 0 saturated carbocycles. The van der Waals surface area contributed by atoms with E-state index in [1.807, 2.05) is 30.3 Å². The van der Waals surface area contributed by atoms with Gasteiger partial charge in [-0.25, -0.2) is 13.4 Å². The normalized spacial score (nSPS) is 10.9. The van der Waals surface area contributed by atoms with Crippen molar-refractivity contribution in [1.29, 1.82) is 0 Å². The van der Waals surface area contributed by atoms with Crippen LogP contribution in [0.5, 0.6) is 23.4 Å². The van der Waals surface area contributed by atoms with Gasteiger partial charge in [0.1, 0.15) is 17.2 Å². The second-order valence-electron chi connectivity index (χ2n) is 5.27. The van der Waals surface area contributed by atoms with Crippen LogP contribution < -0.4 is 18.9 Å². The molecular weight excluding hydrogens is 370 g/mol. The van der Waals surface area contributed by atoms with Gasteiger partial charge in [-0.1, -0.05) is 18.2 Å². The van der Waals surface area contributed by atoms with Crippen LogP contribution in [0, 0.1) is 0 Å². The van der Waals surface area contributed by atoms with Crippen molar-refractivity contribution < 1.29 is 22.6 Å². The zero-order valence-corrected chi connectivity index (χ0v) is 15.4. The fourth-order valence-electron chi connectivity index (χ4n) is 2.19. The van der Waals surface area contributed by atoms with Crippen molar-refractivity contribution in [1.82, 2.24) is 9.97 Å². The summed E-state index contributed by atoms with van der Waals surface area (Å²) in [7, 11) is -1.09. The summed E-state index contributed by atoms with van der Waals surface area (Å²) in [5, 5.41) is 0. The van der Waals surface area contributed by atoms with Crippen molar-refractivity contribution >= 4 is 15.7 Å². The Kier molecular flexibility index (Phi) is 5.41. The molecule has 0 aliphatic heterocycles. The Morgan fingerprint density at radius 3 is 2.19 bits per heavy atom. The van der Waals surface area contributed by atoms with E-state index in [0.717, 1.165) is 0 Å². The van der Waals surface area contributed by atoms with Gasteiger partial charge in [-0.2, -0.15) is 4.98 Å². The number of nitrogens with one attached hydrogen (secondary N) is 1. The second kappa shape index (κ2) is 7.92. The Hall–Kier alpha value is -3.33. The minimum atomic E-state index is -3.86. The van der Waals surface area contributed by atoms with Crippen LogP contribution in [0.15, 0.2) is 65.7 Å². The zero-order valence-electron chi connectivity index (χ0n) is 14.6. The molecule has 1 heterocycles. The summed E-state index contributed by atoms with van der Waals surface area (Å²) >= 11 is 0. The van der Waals surface area contributed by atoms with Gasteiger partial charge in [0.25, 0.3) is 10.0 Å². The summed E-state index contributed by atoms with van der Waals surface area (Å²) in [5.41, 5.74) is 0.0999. The highest BCUT2D eigenvalue weighted by atomic mass is 32.2. The zero-order chi connectivity index (χ0) is 19.3. The highest BCUT2D eigenvalue weighted by Crippen LogP contribution is 2.27. The number of benzene rings is 2. The third-order valence-corrected chi connectivity index (χ3v) is 4.85. The molecule has 3 aromatic rings. The molecule has 0 saturated heterocycles. The monoisotopic (exact) mass is 387 g/mol. The number of hydrogen-bond donors (Lipinski definition) is 1. The smallest absolute Gasteiger partial charge is 0.319 e. The Morgan fingerprint density at radius 2 is 1.56 bits per heavy atom. The number of aromatic nitrogens is 2. The molecule has 140 valence electrons. The van der Waals surface area contributed by atoms with Gasteiger partial charge in [0.2, 0.25) is 5.88 Å². The number of ether oxygens (including phenoxy) is 3. The van der Waals surface area contributed by atoms with E-state index < -0.39 is 10.0 Å². The molecule has 2 aromatic carbocycles. The van der Waals surface area contributed by atoms with Gasteiger partial charge < -0.3 is 14.2 Å². The van der Waals surface area contributed by atoms with Crippen LogP contribution in [0.25, 0.3) is 0 Å². The number of nitrogens with zero attached hydrogens (tertiary/aromatic N) is 2. The Balaban J connectivity index is 1.79. The summed E-state index contributed by atoms with van der Waals surface area (Å²) < 4.78 is 43.2. The maximum absolute atomic E-state index is 12.6. The topological polar surface area (TPSA) is 99.6 Å². The minimum Gasteiger partial charge on any atom is -0.479 e. The largest absolute Gasteiger partial charge is 0.479 e. The first-order valence-corrected chi connectivity index (χ1v) is 9.31. The standard InChI is InChI=1S/C18H17N3O5S/c1-24-17-16(12-19-18(20-17)25-2)21-27(22,23)15-10-8-14(9-11-15)26-13-6-4-3-5-7-13/h3-12,21H,1-2H3. The van der Waals surface area contributed by atoms with Gasteiger partial charge in [0.15, 0.2) is 0 Å². The van der Waals surface area contributed by atoms with Crippen LogP contribution >= 0.6 is 0 Å². The van der Waals surface area contributed by atoms with E-state index in [0.29, 0.717) is 11.5 Å². The Labute approximate surface area is 156 Å². The van der Waals surface area contributed by atoms with Crippen molar-refractivity contribution in [2.45, 2.75) is 4.90 Å². The van der Waals surface area contributed by atoms with E-state index in [1.165, 1.54) is 32.5 Å². The number of hydrogen-bond acceptors (Lipinski definition) is 7. The maximum atomic E-state index is 12.6. The van der Waals surface area contributed by atoms with Gasteiger partial charge >= 0.3 is 6.01 Å². The van der Waals surface area contributed by atoms with E-state index in [9.17, 15) is 8.42 Å².